The fraction of sp³-hybridized carbons (Fsp3) is 0.786. The molecule has 0 saturated carbocycles. The van der Waals surface area contributed by atoms with Gasteiger partial charge in [-0.05, 0) is 44.7 Å². The van der Waals surface area contributed by atoms with Crippen molar-refractivity contribution in [3.63, 3.8) is 0 Å². The molecule has 1 aliphatic heterocycles. The summed E-state index contributed by atoms with van der Waals surface area (Å²) in [6, 6.07) is 2.04. The topological polar surface area (TPSA) is 41.3 Å². The van der Waals surface area contributed by atoms with E-state index in [0.29, 0.717) is 0 Å². The van der Waals surface area contributed by atoms with E-state index in [4.69, 9.17) is 0 Å². The molecule has 0 aliphatic carbocycles. The molecule has 1 aliphatic rings. The zero-order valence-corrected chi connectivity index (χ0v) is 11.6. The van der Waals surface area contributed by atoms with Crippen molar-refractivity contribution in [1.82, 2.24) is 14.7 Å². The van der Waals surface area contributed by atoms with Gasteiger partial charge < -0.3 is 10.0 Å². The van der Waals surface area contributed by atoms with Crippen molar-refractivity contribution < 1.29 is 5.11 Å². The number of likely N-dealkylation sites (tertiary alicyclic amines) is 1. The number of nitrogens with zero attached hydrogens (tertiary/aromatic N) is 3. The average Bonchev–Trinajstić information content (AvgIpc) is 2.76. The Labute approximate surface area is 110 Å². The maximum absolute atomic E-state index is 10.6. The largest absolute Gasteiger partial charge is 0.390 e. The summed E-state index contributed by atoms with van der Waals surface area (Å²) in [5.41, 5.74) is 0.744. The Kier molecular flexibility index (Phi) is 4.40. The van der Waals surface area contributed by atoms with Gasteiger partial charge in [0.1, 0.15) is 0 Å². The second-order valence-electron chi connectivity index (χ2n) is 5.51. The maximum atomic E-state index is 10.6. The van der Waals surface area contributed by atoms with Crippen molar-refractivity contribution in [3.05, 3.63) is 18.0 Å². The van der Waals surface area contributed by atoms with Gasteiger partial charge in [-0.2, -0.15) is 5.10 Å². The van der Waals surface area contributed by atoms with Crippen LogP contribution in [0.5, 0.6) is 0 Å². The highest BCUT2D eigenvalue weighted by Gasteiger charge is 2.31. The SMILES string of the molecule is CCCN1CCC(O)(CCc2ccnn2C)CC1. The fourth-order valence-corrected chi connectivity index (χ4v) is 2.77. The average molecular weight is 251 g/mol. The summed E-state index contributed by atoms with van der Waals surface area (Å²) in [5.74, 6) is 0. The molecule has 4 nitrogen and oxygen atoms in total. The van der Waals surface area contributed by atoms with Crippen molar-refractivity contribution in [3.8, 4) is 0 Å². The van der Waals surface area contributed by atoms with Gasteiger partial charge >= 0.3 is 0 Å². The molecule has 0 aromatic carbocycles. The van der Waals surface area contributed by atoms with Crippen LogP contribution in [0, 0.1) is 0 Å². The Balaban J connectivity index is 1.81. The molecule has 1 N–H and O–H groups in total. The van der Waals surface area contributed by atoms with Crippen LogP contribution in [0.25, 0.3) is 0 Å². The number of hydrogen-bond donors (Lipinski definition) is 1. The van der Waals surface area contributed by atoms with E-state index >= 15 is 0 Å². The van der Waals surface area contributed by atoms with Crippen LogP contribution in [0.3, 0.4) is 0 Å². The highest BCUT2D eigenvalue weighted by molar-refractivity contribution is 5.01. The number of piperidine rings is 1. The van der Waals surface area contributed by atoms with E-state index in [9.17, 15) is 5.11 Å². The summed E-state index contributed by atoms with van der Waals surface area (Å²) in [5, 5.41) is 14.8. The Morgan fingerprint density at radius 1 is 1.39 bits per heavy atom. The molecule has 0 radical (unpaired) electrons. The Hall–Kier alpha value is -0.870. The highest BCUT2D eigenvalue weighted by atomic mass is 16.3. The first-order chi connectivity index (χ1) is 8.63. The molecular weight excluding hydrogens is 226 g/mol. The number of aromatic nitrogens is 2. The number of rotatable bonds is 5. The van der Waals surface area contributed by atoms with E-state index in [2.05, 4.69) is 16.9 Å². The maximum Gasteiger partial charge on any atom is 0.0675 e. The Bertz CT molecular complexity index is 367. The molecule has 1 aromatic heterocycles. The van der Waals surface area contributed by atoms with Gasteiger partial charge in [0, 0.05) is 32.0 Å². The van der Waals surface area contributed by atoms with E-state index < -0.39 is 5.60 Å². The third-order valence-corrected chi connectivity index (χ3v) is 4.10. The number of aliphatic hydroxyl groups is 1. The van der Waals surface area contributed by atoms with Gasteiger partial charge in [-0.1, -0.05) is 6.92 Å². The summed E-state index contributed by atoms with van der Waals surface area (Å²) in [6.45, 7) is 5.45. The van der Waals surface area contributed by atoms with Gasteiger partial charge in [-0.25, -0.2) is 0 Å². The highest BCUT2D eigenvalue weighted by Crippen LogP contribution is 2.27. The molecule has 0 bridgehead atoms. The molecule has 0 unspecified atom stereocenters. The monoisotopic (exact) mass is 251 g/mol. The minimum absolute atomic E-state index is 0.464. The minimum atomic E-state index is -0.464. The Morgan fingerprint density at radius 2 is 2.11 bits per heavy atom. The van der Waals surface area contributed by atoms with E-state index in [1.807, 2.05) is 24.0 Å². The molecule has 2 rings (SSSR count). The van der Waals surface area contributed by atoms with Crippen LogP contribution >= 0.6 is 0 Å². The van der Waals surface area contributed by atoms with Gasteiger partial charge in [-0.3, -0.25) is 4.68 Å². The number of aryl methyl sites for hydroxylation is 2. The second-order valence-corrected chi connectivity index (χ2v) is 5.51. The summed E-state index contributed by atoms with van der Waals surface area (Å²) in [6.07, 6.45) is 6.61. The van der Waals surface area contributed by atoms with Crippen LogP contribution < -0.4 is 0 Å². The van der Waals surface area contributed by atoms with Crippen LogP contribution in [0.15, 0.2) is 12.3 Å². The zero-order chi connectivity index (χ0) is 13.0. The van der Waals surface area contributed by atoms with Crippen LogP contribution in [-0.2, 0) is 13.5 Å². The lowest BCUT2D eigenvalue weighted by Gasteiger charge is -2.38. The predicted molar refractivity (Wildman–Crippen MR) is 72.4 cm³/mol. The van der Waals surface area contributed by atoms with Crippen LogP contribution in [-0.4, -0.2) is 45.0 Å². The van der Waals surface area contributed by atoms with Gasteiger partial charge in [0.2, 0.25) is 0 Å². The lowest BCUT2D eigenvalue weighted by Crippen LogP contribution is -2.44. The van der Waals surface area contributed by atoms with Gasteiger partial charge in [0.15, 0.2) is 0 Å². The third-order valence-electron chi connectivity index (χ3n) is 4.10. The molecule has 4 heteroatoms. The Morgan fingerprint density at radius 3 is 2.67 bits per heavy atom. The van der Waals surface area contributed by atoms with Gasteiger partial charge in [0.05, 0.1) is 5.60 Å². The van der Waals surface area contributed by atoms with E-state index in [1.54, 1.807) is 0 Å². The molecule has 0 atom stereocenters. The van der Waals surface area contributed by atoms with Crippen LogP contribution in [0.2, 0.25) is 0 Å². The molecule has 1 aromatic rings. The van der Waals surface area contributed by atoms with Crippen LogP contribution in [0.4, 0.5) is 0 Å². The van der Waals surface area contributed by atoms with Crippen molar-refractivity contribution in [1.29, 1.82) is 0 Å². The smallest absolute Gasteiger partial charge is 0.0675 e. The molecule has 2 heterocycles. The summed E-state index contributed by atoms with van der Waals surface area (Å²) >= 11 is 0. The summed E-state index contributed by atoms with van der Waals surface area (Å²) in [7, 11) is 1.96. The van der Waals surface area contributed by atoms with Gasteiger partial charge in [0.25, 0.3) is 0 Å². The zero-order valence-electron chi connectivity index (χ0n) is 11.6. The van der Waals surface area contributed by atoms with E-state index in [1.165, 1.54) is 12.1 Å². The molecule has 18 heavy (non-hydrogen) atoms. The molecule has 0 amide bonds. The van der Waals surface area contributed by atoms with Gasteiger partial charge in [-0.15, -0.1) is 0 Å². The fourth-order valence-electron chi connectivity index (χ4n) is 2.77. The molecular formula is C14H25N3O. The van der Waals surface area contributed by atoms with Crippen molar-refractivity contribution in [2.24, 2.45) is 7.05 Å². The third kappa shape index (κ3) is 3.33. The first-order valence-corrected chi connectivity index (χ1v) is 7.04. The summed E-state index contributed by atoms with van der Waals surface area (Å²) < 4.78 is 1.90. The molecule has 0 spiro atoms. The quantitative estimate of drug-likeness (QED) is 0.864. The second kappa shape index (κ2) is 5.85. The van der Waals surface area contributed by atoms with E-state index in [0.717, 1.165) is 45.3 Å². The lowest BCUT2D eigenvalue weighted by atomic mass is 9.86. The summed E-state index contributed by atoms with van der Waals surface area (Å²) in [4.78, 5) is 2.46. The lowest BCUT2D eigenvalue weighted by molar-refractivity contribution is -0.0274. The van der Waals surface area contributed by atoms with Crippen LogP contribution in [0.1, 0.15) is 38.3 Å². The number of hydrogen-bond acceptors (Lipinski definition) is 3. The minimum Gasteiger partial charge on any atom is -0.390 e. The molecule has 102 valence electrons. The van der Waals surface area contributed by atoms with Crippen molar-refractivity contribution >= 4 is 0 Å². The molecule has 1 fully saturated rings. The standard InChI is InChI=1S/C14H25N3O/c1-3-10-17-11-7-14(18,8-12-17)6-4-13-5-9-15-16(13)2/h5,9,18H,3-4,6-8,10-12H2,1-2H3. The molecule has 1 saturated heterocycles. The van der Waals surface area contributed by atoms with Crippen molar-refractivity contribution in [2.45, 2.75) is 44.6 Å². The first kappa shape index (κ1) is 13.6. The predicted octanol–water partition coefficient (Wildman–Crippen LogP) is 1.59. The van der Waals surface area contributed by atoms with E-state index in [-0.39, 0.29) is 0 Å². The normalized spacial score (nSPS) is 20.2. The first-order valence-electron chi connectivity index (χ1n) is 7.04. The van der Waals surface area contributed by atoms with Crippen molar-refractivity contribution in [2.75, 3.05) is 19.6 Å².